The molecule has 0 aliphatic heterocycles. The number of benzene rings is 1. The molecule has 0 aliphatic carbocycles. The first-order valence-electron chi connectivity index (χ1n) is 6.24. The fourth-order valence-electron chi connectivity index (χ4n) is 1.93. The predicted octanol–water partition coefficient (Wildman–Crippen LogP) is 4.03. The van der Waals surface area contributed by atoms with Crippen LogP contribution in [0.1, 0.15) is 18.1 Å². The van der Waals surface area contributed by atoms with E-state index in [1.54, 1.807) is 6.07 Å². The van der Waals surface area contributed by atoms with Gasteiger partial charge in [-0.2, -0.15) is 0 Å². The third kappa shape index (κ3) is 4.30. The molecule has 0 saturated carbocycles. The first-order valence-corrected chi connectivity index (χ1v) is 7.50. The molecule has 1 N–H and O–H groups in total. The zero-order valence-electron chi connectivity index (χ0n) is 11.0. The third-order valence-electron chi connectivity index (χ3n) is 2.91. The van der Waals surface area contributed by atoms with Crippen LogP contribution in [0.2, 0.25) is 5.02 Å². The Kier molecular flexibility index (Phi) is 5.11. The normalized spacial score (nSPS) is 12.3. The average Bonchev–Trinajstić information content (AvgIpc) is 2.85. The molecule has 20 heavy (non-hydrogen) atoms. The molecule has 0 radical (unpaired) electrons. The van der Waals surface area contributed by atoms with Crippen LogP contribution in [0.4, 0.5) is 5.00 Å². The largest absolute Gasteiger partial charge is 0.324 e. The lowest BCUT2D eigenvalue weighted by atomic mass is 10.1. The quantitative estimate of drug-likeness (QED) is 0.647. The molecule has 1 unspecified atom stereocenters. The van der Waals surface area contributed by atoms with Gasteiger partial charge in [0.2, 0.25) is 0 Å². The summed E-state index contributed by atoms with van der Waals surface area (Å²) in [5, 5.41) is 16.7. The summed E-state index contributed by atoms with van der Waals surface area (Å²) in [6.07, 6.45) is 0.868. The molecule has 0 saturated heterocycles. The van der Waals surface area contributed by atoms with E-state index in [0.717, 1.165) is 28.3 Å². The number of hydrogen-bond donors (Lipinski definition) is 1. The van der Waals surface area contributed by atoms with Crippen molar-refractivity contribution in [3.05, 3.63) is 62.0 Å². The van der Waals surface area contributed by atoms with Gasteiger partial charge in [-0.1, -0.05) is 35.1 Å². The van der Waals surface area contributed by atoms with Crippen molar-refractivity contribution >= 4 is 27.9 Å². The summed E-state index contributed by atoms with van der Waals surface area (Å²) < 4.78 is 0. The highest BCUT2D eigenvalue weighted by Crippen LogP contribution is 2.22. The topological polar surface area (TPSA) is 55.2 Å². The van der Waals surface area contributed by atoms with Crippen LogP contribution in [-0.4, -0.2) is 11.0 Å². The second-order valence-electron chi connectivity index (χ2n) is 4.67. The molecular formula is C14H15ClN2O2S. The van der Waals surface area contributed by atoms with E-state index in [-0.39, 0.29) is 16.0 Å². The lowest BCUT2D eigenvalue weighted by molar-refractivity contribution is -0.380. The van der Waals surface area contributed by atoms with Gasteiger partial charge in [0.05, 0.1) is 4.92 Å². The minimum atomic E-state index is -0.358. The van der Waals surface area contributed by atoms with Gasteiger partial charge in [0.1, 0.15) is 0 Å². The highest BCUT2D eigenvalue weighted by atomic mass is 35.5. The third-order valence-corrected chi connectivity index (χ3v) is 4.07. The maximum absolute atomic E-state index is 10.6. The van der Waals surface area contributed by atoms with Gasteiger partial charge in [-0.25, -0.2) is 0 Å². The van der Waals surface area contributed by atoms with Crippen LogP contribution in [0.5, 0.6) is 0 Å². The number of hydrogen-bond acceptors (Lipinski definition) is 4. The minimum absolute atomic E-state index is 0.185. The van der Waals surface area contributed by atoms with Gasteiger partial charge in [-0.3, -0.25) is 10.1 Å². The van der Waals surface area contributed by atoms with Crippen LogP contribution < -0.4 is 5.32 Å². The molecule has 1 atom stereocenters. The van der Waals surface area contributed by atoms with Crippen LogP contribution >= 0.6 is 22.9 Å². The molecule has 2 rings (SSSR count). The smallest absolute Gasteiger partial charge is 0.310 e. The van der Waals surface area contributed by atoms with Crippen LogP contribution in [0.15, 0.2) is 35.7 Å². The molecule has 0 aliphatic rings. The average molecular weight is 311 g/mol. The standard InChI is InChI=1S/C14H15ClN2O2S/c1-10(5-11-3-2-4-13(15)6-11)16-8-12-7-14(17(18)19)20-9-12/h2-4,6-7,9-10,16H,5,8H2,1H3. The molecule has 1 heterocycles. The lowest BCUT2D eigenvalue weighted by Gasteiger charge is -2.13. The van der Waals surface area contributed by atoms with E-state index in [1.807, 2.05) is 29.6 Å². The molecule has 6 heteroatoms. The molecule has 0 bridgehead atoms. The second kappa shape index (κ2) is 6.83. The number of nitrogens with one attached hydrogen (secondary N) is 1. The molecule has 0 amide bonds. The van der Waals surface area contributed by atoms with E-state index in [0.29, 0.717) is 6.54 Å². The van der Waals surface area contributed by atoms with Crippen molar-refractivity contribution in [2.45, 2.75) is 25.9 Å². The Labute approximate surface area is 126 Å². The van der Waals surface area contributed by atoms with E-state index in [4.69, 9.17) is 11.6 Å². The van der Waals surface area contributed by atoms with Crippen molar-refractivity contribution < 1.29 is 4.92 Å². The molecule has 0 spiro atoms. The van der Waals surface area contributed by atoms with E-state index < -0.39 is 0 Å². The van der Waals surface area contributed by atoms with Crippen molar-refractivity contribution in [3.8, 4) is 0 Å². The van der Waals surface area contributed by atoms with Crippen molar-refractivity contribution in [3.63, 3.8) is 0 Å². The molecule has 4 nitrogen and oxygen atoms in total. The summed E-state index contributed by atoms with van der Waals surface area (Å²) in [6, 6.07) is 9.67. The molecule has 106 valence electrons. The van der Waals surface area contributed by atoms with E-state index in [1.165, 1.54) is 5.56 Å². The number of rotatable bonds is 6. The van der Waals surface area contributed by atoms with Gasteiger partial charge in [0.25, 0.3) is 0 Å². The maximum atomic E-state index is 10.6. The Morgan fingerprint density at radius 1 is 1.40 bits per heavy atom. The van der Waals surface area contributed by atoms with Gasteiger partial charge in [0, 0.05) is 29.1 Å². The Hall–Kier alpha value is -1.43. The molecule has 1 aromatic heterocycles. The fraction of sp³-hybridized carbons (Fsp3) is 0.286. The first kappa shape index (κ1) is 15.0. The molecule has 2 aromatic rings. The number of halogens is 1. The summed E-state index contributed by atoms with van der Waals surface area (Å²) in [7, 11) is 0. The Morgan fingerprint density at radius 3 is 2.85 bits per heavy atom. The minimum Gasteiger partial charge on any atom is -0.310 e. The van der Waals surface area contributed by atoms with Gasteiger partial charge in [0.15, 0.2) is 0 Å². The first-order chi connectivity index (χ1) is 9.54. The number of nitrogens with zero attached hydrogens (tertiary/aromatic N) is 1. The van der Waals surface area contributed by atoms with Gasteiger partial charge < -0.3 is 5.32 Å². The zero-order chi connectivity index (χ0) is 14.5. The monoisotopic (exact) mass is 310 g/mol. The Bertz CT molecular complexity index is 600. The van der Waals surface area contributed by atoms with Crippen LogP contribution in [-0.2, 0) is 13.0 Å². The van der Waals surface area contributed by atoms with Gasteiger partial charge in [-0.05, 0) is 36.6 Å². The highest BCUT2D eigenvalue weighted by Gasteiger charge is 2.10. The summed E-state index contributed by atoms with van der Waals surface area (Å²) in [5.41, 5.74) is 2.12. The predicted molar refractivity (Wildman–Crippen MR) is 82.4 cm³/mol. The van der Waals surface area contributed by atoms with E-state index >= 15 is 0 Å². The molecule has 0 fully saturated rings. The van der Waals surface area contributed by atoms with E-state index in [2.05, 4.69) is 12.2 Å². The fourth-order valence-corrected chi connectivity index (χ4v) is 2.87. The van der Waals surface area contributed by atoms with Crippen molar-refractivity contribution in [1.29, 1.82) is 0 Å². The Balaban J connectivity index is 1.85. The SMILES string of the molecule is CC(Cc1cccc(Cl)c1)NCc1csc([N+](=O)[O-])c1. The molecule has 1 aromatic carbocycles. The summed E-state index contributed by atoms with van der Waals surface area (Å²) in [4.78, 5) is 10.3. The Morgan fingerprint density at radius 2 is 2.20 bits per heavy atom. The van der Waals surface area contributed by atoms with Crippen molar-refractivity contribution in [1.82, 2.24) is 5.32 Å². The highest BCUT2D eigenvalue weighted by molar-refractivity contribution is 7.13. The summed E-state index contributed by atoms with van der Waals surface area (Å²) in [5.74, 6) is 0. The van der Waals surface area contributed by atoms with Gasteiger partial charge in [-0.15, -0.1) is 0 Å². The second-order valence-corrected chi connectivity index (χ2v) is 5.99. The maximum Gasteiger partial charge on any atom is 0.324 e. The van der Waals surface area contributed by atoms with Gasteiger partial charge >= 0.3 is 5.00 Å². The van der Waals surface area contributed by atoms with Crippen LogP contribution in [0.3, 0.4) is 0 Å². The summed E-state index contributed by atoms with van der Waals surface area (Å²) >= 11 is 7.11. The van der Waals surface area contributed by atoms with Crippen LogP contribution in [0, 0.1) is 10.1 Å². The van der Waals surface area contributed by atoms with Crippen molar-refractivity contribution in [2.75, 3.05) is 0 Å². The zero-order valence-corrected chi connectivity index (χ0v) is 12.6. The van der Waals surface area contributed by atoms with Crippen molar-refractivity contribution in [2.24, 2.45) is 0 Å². The summed E-state index contributed by atoms with van der Waals surface area (Å²) in [6.45, 7) is 2.72. The van der Waals surface area contributed by atoms with Crippen LogP contribution in [0.25, 0.3) is 0 Å². The molecular weight excluding hydrogens is 296 g/mol. The van der Waals surface area contributed by atoms with E-state index in [9.17, 15) is 10.1 Å². The lowest BCUT2D eigenvalue weighted by Crippen LogP contribution is -2.27. The number of thiophene rings is 1. The number of nitro groups is 1.